The summed E-state index contributed by atoms with van der Waals surface area (Å²) in [4.78, 5) is 10.4. The molecule has 0 saturated carbocycles. The van der Waals surface area contributed by atoms with Gasteiger partial charge in [0.05, 0.1) is 22.8 Å². The second-order valence-corrected chi connectivity index (χ2v) is 5.18. The number of carboxylic acids is 1. The van der Waals surface area contributed by atoms with E-state index in [9.17, 15) is 13.2 Å². The summed E-state index contributed by atoms with van der Waals surface area (Å²) in [6.45, 7) is -0.573. The summed E-state index contributed by atoms with van der Waals surface area (Å²) >= 11 is 0. The smallest absolute Gasteiger partial charge is 0.337 e. The van der Waals surface area contributed by atoms with Crippen molar-refractivity contribution in [1.29, 1.82) is 0 Å². The maximum Gasteiger partial charge on any atom is 0.337 e. The van der Waals surface area contributed by atoms with Crippen LogP contribution in [0.1, 0.15) is 10.4 Å². The standard InChI is InChI=1S/C9H11NO5S/c10-6-1-2-7(9(12)13)8(5-6)16(14,15)4-3-11/h1-2,5,11H,3-4,10H2,(H,12,13). The summed E-state index contributed by atoms with van der Waals surface area (Å²) in [6, 6.07) is 3.51. The molecule has 0 aliphatic carbocycles. The Labute approximate surface area is 92.2 Å². The van der Waals surface area contributed by atoms with E-state index in [-0.39, 0.29) is 16.1 Å². The molecule has 4 N–H and O–H groups in total. The van der Waals surface area contributed by atoms with E-state index in [1.807, 2.05) is 0 Å². The number of carboxylic acid groups (broad SMARTS) is 1. The number of rotatable bonds is 4. The Balaban J connectivity index is 3.42. The van der Waals surface area contributed by atoms with Crippen molar-refractivity contribution in [3.05, 3.63) is 23.8 Å². The van der Waals surface area contributed by atoms with Crippen LogP contribution < -0.4 is 5.73 Å². The molecule has 0 bridgehead atoms. The molecular formula is C9H11NO5S. The second-order valence-electron chi connectivity index (χ2n) is 3.10. The average molecular weight is 245 g/mol. The van der Waals surface area contributed by atoms with Crippen molar-refractivity contribution >= 4 is 21.5 Å². The quantitative estimate of drug-likeness (QED) is 0.628. The third kappa shape index (κ3) is 2.50. The first kappa shape index (κ1) is 12.5. The fourth-order valence-electron chi connectivity index (χ4n) is 1.20. The second kappa shape index (κ2) is 4.50. The summed E-state index contributed by atoms with van der Waals surface area (Å²) in [5.74, 6) is -1.88. The van der Waals surface area contributed by atoms with Crippen LogP contribution in [0.15, 0.2) is 23.1 Å². The van der Waals surface area contributed by atoms with E-state index in [0.29, 0.717) is 0 Å². The van der Waals surface area contributed by atoms with Crippen LogP contribution in [-0.4, -0.2) is 37.0 Å². The Bertz CT molecular complexity index is 509. The first-order valence-electron chi connectivity index (χ1n) is 4.35. The lowest BCUT2D eigenvalue weighted by Gasteiger charge is -2.07. The molecule has 0 amide bonds. The van der Waals surface area contributed by atoms with Crippen LogP contribution in [-0.2, 0) is 9.84 Å². The van der Waals surface area contributed by atoms with Gasteiger partial charge in [0.15, 0.2) is 9.84 Å². The van der Waals surface area contributed by atoms with Gasteiger partial charge in [-0.3, -0.25) is 0 Å². The number of benzene rings is 1. The molecule has 1 aromatic carbocycles. The van der Waals surface area contributed by atoms with E-state index in [1.54, 1.807) is 0 Å². The predicted octanol–water partition coefficient (Wildman–Crippen LogP) is -0.267. The van der Waals surface area contributed by atoms with Gasteiger partial charge in [-0.2, -0.15) is 0 Å². The highest BCUT2D eigenvalue weighted by Crippen LogP contribution is 2.20. The zero-order valence-corrected chi connectivity index (χ0v) is 9.07. The number of aliphatic hydroxyl groups excluding tert-OH is 1. The van der Waals surface area contributed by atoms with E-state index >= 15 is 0 Å². The lowest BCUT2D eigenvalue weighted by atomic mass is 10.2. The minimum atomic E-state index is -3.82. The number of hydrogen-bond donors (Lipinski definition) is 3. The maximum atomic E-state index is 11.6. The van der Waals surface area contributed by atoms with Crippen molar-refractivity contribution in [1.82, 2.24) is 0 Å². The van der Waals surface area contributed by atoms with Crippen molar-refractivity contribution in [3.63, 3.8) is 0 Å². The number of sulfone groups is 1. The molecule has 1 aromatic rings. The molecule has 16 heavy (non-hydrogen) atoms. The van der Waals surface area contributed by atoms with E-state index in [0.717, 1.165) is 12.1 Å². The van der Waals surface area contributed by atoms with Crippen LogP contribution >= 0.6 is 0 Å². The number of nitrogen functional groups attached to an aromatic ring is 1. The third-order valence-corrected chi connectivity index (χ3v) is 3.66. The van der Waals surface area contributed by atoms with Crippen LogP contribution in [0.3, 0.4) is 0 Å². The summed E-state index contributed by atoms with van der Waals surface area (Å²) in [7, 11) is -3.82. The number of carbonyl (C=O) groups is 1. The van der Waals surface area contributed by atoms with Gasteiger partial charge in [0.2, 0.25) is 0 Å². The Morgan fingerprint density at radius 1 is 1.38 bits per heavy atom. The summed E-state index contributed by atoms with van der Waals surface area (Å²) in [6.07, 6.45) is 0. The Morgan fingerprint density at radius 3 is 2.50 bits per heavy atom. The Morgan fingerprint density at radius 2 is 2.00 bits per heavy atom. The maximum absolute atomic E-state index is 11.6. The van der Waals surface area contributed by atoms with Gasteiger partial charge in [0.25, 0.3) is 0 Å². The molecule has 0 radical (unpaired) electrons. The largest absolute Gasteiger partial charge is 0.478 e. The molecule has 1 rings (SSSR count). The SMILES string of the molecule is Nc1ccc(C(=O)O)c(S(=O)(=O)CCO)c1. The number of hydrogen-bond acceptors (Lipinski definition) is 5. The molecule has 0 atom stereocenters. The summed E-state index contributed by atoms with van der Waals surface area (Å²) < 4.78 is 23.3. The first-order valence-corrected chi connectivity index (χ1v) is 6.00. The van der Waals surface area contributed by atoms with Crippen LogP contribution in [0, 0.1) is 0 Å². The molecule has 0 spiro atoms. The van der Waals surface area contributed by atoms with Gasteiger partial charge in [-0.1, -0.05) is 0 Å². The van der Waals surface area contributed by atoms with Crippen molar-refractivity contribution in [2.45, 2.75) is 4.90 Å². The summed E-state index contributed by atoms with van der Waals surface area (Å²) in [5, 5.41) is 17.4. The lowest BCUT2D eigenvalue weighted by Crippen LogP contribution is -2.15. The molecule has 6 nitrogen and oxygen atoms in total. The van der Waals surface area contributed by atoms with Crippen LogP contribution in [0.4, 0.5) is 5.69 Å². The van der Waals surface area contributed by atoms with E-state index in [2.05, 4.69) is 0 Å². The summed E-state index contributed by atoms with van der Waals surface area (Å²) in [5.41, 5.74) is 5.21. The minimum absolute atomic E-state index is 0.154. The molecule has 0 fully saturated rings. The number of anilines is 1. The molecule has 0 heterocycles. The van der Waals surface area contributed by atoms with Crippen LogP contribution in [0.5, 0.6) is 0 Å². The Kier molecular flexibility index (Phi) is 3.51. The van der Waals surface area contributed by atoms with Gasteiger partial charge < -0.3 is 15.9 Å². The number of aliphatic hydroxyl groups is 1. The molecule has 88 valence electrons. The van der Waals surface area contributed by atoms with E-state index in [4.69, 9.17) is 15.9 Å². The fourth-order valence-corrected chi connectivity index (χ4v) is 2.47. The predicted molar refractivity (Wildman–Crippen MR) is 57.0 cm³/mol. The lowest BCUT2D eigenvalue weighted by molar-refractivity contribution is 0.0692. The van der Waals surface area contributed by atoms with Crippen molar-refractivity contribution in [2.24, 2.45) is 0 Å². The number of aromatic carboxylic acids is 1. The number of nitrogens with two attached hydrogens (primary N) is 1. The average Bonchev–Trinajstić information content (AvgIpc) is 2.17. The zero-order valence-electron chi connectivity index (χ0n) is 8.25. The van der Waals surface area contributed by atoms with E-state index in [1.165, 1.54) is 6.07 Å². The molecule has 7 heteroatoms. The Hall–Kier alpha value is -1.60. The van der Waals surface area contributed by atoms with Gasteiger partial charge in [-0.25, -0.2) is 13.2 Å². The third-order valence-electron chi connectivity index (χ3n) is 1.93. The topological polar surface area (TPSA) is 118 Å². The molecular weight excluding hydrogens is 234 g/mol. The van der Waals surface area contributed by atoms with Crippen LogP contribution in [0.25, 0.3) is 0 Å². The van der Waals surface area contributed by atoms with Crippen LogP contribution in [0.2, 0.25) is 0 Å². The van der Waals surface area contributed by atoms with Gasteiger partial charge in [-0.05, 0) is 18.2 Å². The van der Waals surface area contributed by atoms with Gasteiger partial charge >= 0.3 is 5.97 Å². The zero-order chi connectivity index (χ0) is 12.3. The monoisotopic (exact) mass is 245 g/mol. The van der Waals surface area contributed by atoms with Crippen molar-refractivity contribution in [3.8, 4) is 0 Å². The highest BCUT2D eigenvalue weighted by Gasteiger charge is 2.22. The molecule has 0 aromatic heterocycles. The van der Waals surface area contributed by atoms with Crippen molar-refractivity contribution < 1.29 is 23.4 Å². The highest BCUT2D eigenvalue weighted by molar-refractivity contribution is 7.91. The normalized spacial score (nSPS) is 11.3. The van der Waals surface area contributed by atoms with Gasteiger partial charge in [0.1, 0.15) is 0 Å². The van der Waals surface area contributed by atoms with Gasteiger partial charge in [0, 0.05) is 5.69 Å². The van der Waals surface area contributed by atoms with E-state index < -0.39 is 28.2 Å². The van der Waals surface area contributed by atoms with Gasteiger partial charge in [-0.15, -0.1) is 0 Å². The molecule has 0 aliphatic heterocycles. The molecule has 0 unspecified atom stereocenters. The molecule has 0 aliphatic rings. The highest BCUT2D eigenvalue weighted by atomic mass is 32.2. The fraction of sp³-hybridized carbons (Fsp3) is 0.222. The first-order chi connectivity index (χ1) is 7.38. The minimum Gasteiger partial charge on any atom is -0.478 e. The molecule has 0 saturated heterocycles. The van der Waals surface area contributed by atoms with Crippen molar-refractivity contribution in [2.75, 3.05) is 18.1 Å².